The third kappa shape index (κ3) is 3.30. The normalized spacial score (nSPS) is 26.9. The second-order valence-electron chi connectivity index (χ2n) is 6.32. The first-order valence-electron chi connectivity index (χ1n) is 8.15. The van der Waals surface area contributed by atoms with Crippen LogP contribution in [0.5, 0.6) is 0 Å². The first-order valence-corrected chi connectivity index (χ1v) is 9.31. The summed E-state index contributed by atoms with van der Waals surface area (Å²) in [6, 6.07) is 1.97. The van der Waals surface area contributed by atoms with E-state index in [1.54, 1.807) is 6.20 Å². The lowest BCUT2D eigenvalue weighted by Crippen LogP contribution is -2.44. The van der Waals surface area contributed by atoms with E-state index >= 15 is 0 Å². The molecule has 3 heterocycles. The smallest absolute Gasteiger partial charge is 0.0986 e. The maximum atomic E-state index is 10.8. The van der Waals surface area contributed by atoms with Gasteiger partial charge in [-0.2, -0.15) is 16.9 Å². The van der Waals surface area contributed by atoms with Crippen LogP contribution in [-0.2, 0) is 11.3 Å². The van der Waals surface area contributed by atoms with Crippen LogP contribution in [0.1, 0.15) is 50.8 Å². The van der Waals surface area contributed by atoms with Crippen molar-refractivity contribution >= 4 is 11.8 Å². The van der Waals surface area contributed by atoms with E-state index in [-0.39, 0.29) is 5.60 Å². The third-order valence-corrected chi connectivity index (χ3v) is 5.86. The predicted molar refractivity (Wildman–Crippen MR) is 85.4 cm³/mol. The highest BCUT2D eigenvalue weighted by molar-refractivity contribution is 7.99. The quantitative estimate of drug-likeness (QED) is 0.928. The fraction of sp³-hybridized carbons (Fsp3) is 0.812. The van der Waals surface area contributed by atoms with Crippen molar-refractivity contribution in [2.75, 3.05) is 18.1 Å². The zero-order valence-electron chi connectivity index (χ0n) is 12.8. The molecule has 2 aliphatic rings. The molecule has 2 unspecified atom stereocenters. The molecular weight excluding hydrogens is 284 g/mol. The molecule has 5 heteroatoms. The van der Waals surface area contributed by atoms with Crippen molar-refractivity contribution in [2.45, 2.75) is 57.3 Å². The fourth-order valence-corrected chi connectivity index (χ4v) is 4.90. The molecule has 0 amide bonds. The second-order valence-corrected chi connectivity index (χ2v) is 7.55. The minimum absolute atomic E-state index is 0.0325. The molecule has 2 saturated heterocycles. The highest BCUT2D eigenvalue weighted by atomic mass is 32.2. The Kier molecular flexibility index (Phi) is 4.92. The standard InChI is InChI=1S/C16H26N2O2S/c1-2-8-18-14(3-7-17-18)15(19)13-4-9-20-16(12-13)5-10-21-11-6-16/h3,7,13,15,19H,2,4-6,8-12H2,1H3. The van der Waals surface area contributed by atoms with E-state index in [0.29, 0.717) is 5.92 Å². The van der Waals surface area contributed by atoms with Crippen LogP contribution in [-0.4, -0.2) is 38.6 Å². The van der Waals surface area contributed by atoms with Gasteiger partial charge in [0.1, 0.15) is 0 Å². The van der Waals surface area contributed by atoms with Gasteiger partial charge in [0.15, 0.2) is 0 Å². The van der Waals surface area contributed by atoms with Crippen molar-refractivity contribution in [1.82, 2.24) is 9.78 Å². The lowest BCUT2D eigenvalue weighted by molar-refractivity contribution is -0.122. The van der Waals surface area contributed by atoms with E-state index in [9.17, 15) is 5.11 Å². The molecule has 1 N–H and O–H groups in total. The fourth-order valence-electron chi connectivity index (χ4n) is 3.66. The number of aryl methyl sites for hydroxylation is 1. The van der Waals surface area contributed by atoms with E-state index < -0.39 is 6.10 Å². The van der Waals surface area contributed by atoms with Crippen LogP contribution < -0.4 is 0 Å². The zero-order valence-corrected chi connectivity index (χ0v) is 13.6. The molecule has 118 valence electrons. The second kappa shape index (κ2) is 6.71. The molecule has 2 atom stereocenters. The van der Waals surface area contributed by atoms with Gasteiger partial charge in [-0.25, -0.2) is 0 Å². The predicted octanol–water partition coefficient (Wildman–Crippen LogP) is 3.02. The molecule has 1 aromatic rings. The van der Waals surface area contributed by atoms with Gasteiger partial charge in [-0.05, 0) is 55.6 Å². The van der Waals surface area contributed by atoms with Crippen LogP contribution in [0.2, 0.25) is 0 Å². The molecule has 2 aliphatic heterocycles. The number of hydrogen-bond acceptors (Lipinski definition) is 4. The lowest BCUT2D eigenvalue weighted by atomic mass is 9.79. The Morgan fingerprint density at radius 3 is 3.10 bits per heavy atom. The average Bonchev–Trinajstić information content (AvgIpc) is 2.96. The Bertz CT molecular complexity index is 451. The van der Waals surface area contributed by atoms with Crippen LogP contribution >= 0.6 is 11.8 Å². The van der Waals surface area contributed by atoms with Crippen LogP contribution in [0, 0.1) is 5.92 Å². The maximum absolute atomic E-state index is 10.8. The topological polar surface area (TPSA) is 47.3 Å². The Hall–Kier alpha value is -0.520. The van der Waals surface area contributed by atoms with Crippen molar-refractivity contribution in [3.05, 3.63) is 18.0 Å². The number of aromatic nitrogens is 2. The summed E-state index contributed by atoms with van der Waals surface area (Å²) in [5.41, 5.74) is 1.01. The van der Waals surface area contributed by atoms with Crippen LogP contribution in [0.15, 0.2) is 12.3 Å². The van der Waals surface area contributed by atoms with Crippen molar-refractivity contribution in [3.8, 4) is 0 Å². The van der Waals surface area contributed by atoms with Gasteiger partial charge in [0.25, 0.3) is 0 Å². The van der Waals surface area contributed by atoms with Gasteiger partial charge in [-0.15, -0.1) is 0 Å². The number of rotatable bonds is 4. The van der Waals surface area contributed by atoms with E-state index in [1.165, 1.54) is 11.5 Å². The van der Waals surface area contributed by atoms with Crippen LogP contribution in [0.25, 0.3) is 0 Å². The molecule has 1 aromatic heterocycles. The molecular formula is C16H26N2O2S. The molecule has 3 rings (SSSR count). The first-order chi connectivity index (χ1) is 10.2. The monoisotopic (exact) mass is 310 g/mol. The molecule has 2 fully saturated rings. The Labute approximate surface area is 131 Å². The Morgan fingerprint density at radius 2 is 2.33 bits per heavy atom. The van der Waals surface area contributed by atoms with E-state index in [4.69, 9.17) is 4.74 Å². The number of hydrogen-bond donors (Lipinski definition) is 1. The number of nitrogens with zero attached hydrogens (tertiary/aromatic N) is 2. The SMILES string of the molecule is CCCn1nccc1C(O)C1CCOC2(CCSCC2)C1. The van der Waals surface area contributed by atoms with E-state index in [1.807, 2.05) is 22.5 Å². The van der Waals surface area contributed by atoms with Gasteiger partial charge in [-0.1, -0.05) is 6.92 Å². The summed E-state index contributed by atoms with van der Waals surface area (Å²) in [5.74, 6) is 2.68. The highest BCUT2D eigenvalue weighted by Gasteiger charge is 2.41. The average molecular weight is 310 g/mol. The molecule has 0 bridgehead atoms. The summed E-state index contributed by atoms with van der Waals surface area (Å²) in [4.78, 5) is 0. The first kappa shape index (κ1) is 15.4. The van der Waals surface area contributed by atoms with Gasteiger partial charge >= 0.3 is 0 Å². The van der Waals surface area contributed by atoms with Gasteiger partial charge in [-0.3, -0.25) is 4.68 Å². The maximum Gasteiger partial charge on any atom is 0.0986 e. The minimum atomic E-state index is -0.408. The summed E-state index contributed by atoms with van der Waals surface area (Å²) in [6.45, 7) is 3.81. The number of aliphatic hydroxyl groups is 1. The summed E-state index contributed by atoms with van der Waals surface area (Å²) < 4.78 is 8.10. The van der Waals surface area contributed by atoms with Crippen LogP contribution in [0.4, 0.5) is 0 Å². The largest absolute Gasteiger partial charge is 0.387 e. The van der Waals surface area contributed by atoms with E-state index in [2.05, 4.69) is 12.0 Å². The van der Waals surface area contributed by atoms with E-state index in [0.717, 1.165) is 50.9 Å². The van der Waals surface area contributed by atoms with Crippen LogP contribution in [0.3, 0.4) is 0 Å². The Morgan fingerprint density at radius 1 is 1.52 bits per heavy atom. The molecule has 0 radical (unpaired) electrons. The van der Waals surface area contributed by atoms with Crippen molar-refractivity contribution in [1.29, 1.82) is 0 Å². The minimum Gasteiger partial charge on any atom is -0.387 e. The van der Waals surface area contributed by atoms with Crippen molar-refractivity contribution in [2.24, 2.45) is 5.92 Å². The molecule has 0 saturated carbocycles. The number of thioether (sulfide) groups is 1. The lowest BCUT2D eigenvalue weighted by Gasteiger charge is -2.44. The zero-order chi connectivity index (χ0) is 14.7. The molecule has 0 aromatic carbocycles. The number of ether oxygens (including phenoxy) is 1. The highest BCUT2D eigenvalue weighted by Crippen LogP contribution is 2.43. The molecule has 4 nitrogen and oxygen atoms in total. The summed E-state index contributed by atoms with van der Waals surface area (Å²) in [7, 11) is 0. The van der Waals surface area contributed by atoms with Gasteiger partial charge in [0.05, 0.1) is 17.4 Å². The molecule has 21 heavy (non-hydrogen) atoms. The van der Waals surface area contributed by atoms with Crippen molar-refractivity contribution < 1.29 is 9.84 Å². The Balaban J connectivity index is 1.71. The van der Waals surface area contributed by atoms with Crippen molar-refractivity contribution in [3.63, 3.8) is 0 Å². The third-order valence-electron chi connectivity index (χ3n) is 4.87. The number of aliphatic hydroxyl groups excluding tert-OH is 1. The summed E-state index contributed by atoms with van der Waals surface area (Å²) in [5, 5.41) is 15.2. The van der Waals surface area contributed by atoms with Gasteiger partial charge in [0, 0.05) is 19.3 Å². The molecule has 0 aliphatic carbocycles. The molecule has 1 spiro atoms. The van der Waals surface area contributed by atoms with Gasteiger partial charge in [0.2, 0.25) is 0 Å². The summed E-state index contributed by atoms with van der Waals surface area (Å²) >= 11 is 2.02. The van der Waals surface area contributed by atoms with Gasteiger partial charge < -0.3 is 9.84 Å². The summed E-state index contributed by atoms with van der Waals surface area (Å²) in [6.07, 6.45) is 6.65.